The van der Waals surface area contributed by atoms with Gasteiger partial charge >= 0.3 is 0 Å². The highest BCUT2D eigenvalue weighted by atomic mass is 16.5. The number of hydrogen-bond donors (Lipinski definition) is 2. The second-order valence-corrected chi connectivity index (χ2v) is 7.36. The average Bonchev–Trinajstić information content (AvgIpc) is 3.24. The molecule has 1 amide bonds. The molecule has 7 heteroatoms. The lowest BCUT2D eigenvalue weighted by atomic mass is 9.87. The molecule has 1 saturated heterocycles. The van der Waals surface area contributed by atoms with Gasteiger partial charge in [0.2, 0.25) is 0 Å². The molecular weight excluding hydrogens is 356 g/mol. The highest BCUT2D eigenvalue weighted by Gasteiger charge is 2.42. The van der Waals surface area contributed by atoms with E-state index in [0.717, 1.165) is 24.3 Å². The number of carbonyl (C=O) groups is 1. The first-order valence-corrected chi connectivity index (χ1v) is 9.91. The fourth-order valence-electron chi connectivity index (χ4n) is 3.44. The van der Waals surface area contributed by atoms with E-state index in [1.807, 2.05) is 50.4 Å². The molecule has 3 rings (SSSR count). The van der Waals surface area contributed by atoms with E-state index in [4.69, 9.17) is 9.47 Å². The number of rotatable bonds is 9. The van der Waals surface area contributed by atoms with Crippen LogP contribution in [0.5, 0.6) is 0 Å². The van der Waals surface area contributed by atoms with Crippen molar-refractivity contribution < 1.29 is 14.3 Å². The number of amides is 1. The molecule has 7 nitrogen and oxygen atoms in total. The van der Waals surface area contributed by atoms with Crippen molar-refractivity contribution in [2.24, 2.45) is 0 Å². The lowest BCUT2D eigenvalue weighted by molar-refractivity contribution is -0.126. The van der Waals surface area contributed by atoms with Crippen LogP contribution >= 0.6 is 0 Å². The molecule has 0 bridgehead atoms. The first-order chi connectivity index (χ1) is 13.6. The molecule has 0 aliphatic carbocycles. The SMILES string of the molecule is CC(C)OCCOCc1cccc(NC(=O)C2(n3cccn3)CCNCC2)c1. The Morgan fingerprint density at radius 1 is 1.29 bits per heavy atom. The molecule has 0 spiro atoms. The van der Waals surface area contributed by atoms with Crippen molar-refractivity contribution in [2.75, 3.05) is 31.6 Å². The van der Waals surface area contributed by atoms with Gasteiger partial charge in [0, 0.05) is 18.1 Å². The van der Waals surface area contributed by atoms with Crippen molar-refractivity contribution in [3.05, 3.63) is 48.3 Å². The zero-order valence-corrected chi connectivity index (χ0v) is 16.7. The number of nitrogens with zero attached hydrogens (tertiary/aromatic N) is 2. The molecule has 28 heavy (non-hydrogen) atoms. The smallest absolute Gasteiger partial charge is 0.252 e. The Labute approximate surface area is 166 Å². The Balaban J connectivity index is 1.61. The topological polar surface area (TPSA) is 77.4 Å². The van der Waals surface area contributed by atoms with E-state index in [2.05, 4.69) is 15.7 Å². The second kappa shape index (κ2) is 9.82. The van der Waals surface area contributed by atoms with Crippen LogP contribution in [0.15, 0.2) is 42.7 Å². The molecule has 0 unspecified atom stereocenters. The Kier molecular flexibility index (Phi) is 7.19. The number of nitrogens with one attached hydrogen (secondary N) is 2. The van der Waals surface area contributed by atoms with E-state index >= 15 is 0 Å². The van der Waals surface area contributed by atoms with Crippen molar-refractivity contribution >= 4 is 11.6 Å². The molecule has 2 aromatic rings. The van der Waals surface area contributed by atoms with Crippen molar-refractivity contribution in [1.82, 2.24) is 15.1 Å². The fraction of sp³-hybridized carbons (Fsp3) is 0.524. The molecule has 1 aliphatic rings. The van der Waals surface area contributed by atoms with Gasteiger partial charge in [-0.25, -0.2) is 0 Å². The highest BCUT2D eigenvalue weighted by Crippen LogP contribution is 2.29. The zero-order chi connectivity index (χ0) is 19.8. The molecule has 0 radical (unpaired) electrons. The molecule has 1 aromatic heterocycles. The van der Waals surface area contributed by atoms with Crippen LogP contribution in [0.25, 0.3) is 0 Å². The molecule has 1 aliphatic heterocycles. The van der Waals surface area contributed by atoms with Gasteiger partial charge in [0.25, 0.3) is 5.91 Å². The molecule has 0 atom stereocenters. The van der Waals surface area contributed by atoms with Crippen LogP contribution in [-0.4, -0.2) is 48.1 Å². The summed E-state index contributed by atoms with van der Waals surface area (Å²) in [6.45, 7) is 7.20. The minimum Gasteiger partial charge on any atom is -0.376 e. The second-order valence-electron chi connectivity index (χ2n) is 7.36. The van der Waals surface area contributed by atoms with E-state index in [-0.39, 0.29) is 12.0 Å². The van der Waals surface area contributed by atoms with Gasteiger partial charge in [-0.05, 0) is 63.5 Å². The summed E-state index contributed by atoms with van der Waals surface area (Å²) in [7, 11) is 0. The lowest BCUT2D eigenvalue weighted by Crippen LogP contribution is -2.52. The van der Waals surface area contributed by atoms with Gasteiger partial charge in [-0.2, -0.15) is 5.10 Å². The summed E-state index contributed by atoms with van der Waals surface area (Å²) in [4.78, 5) is 13.2. The van der Waals surface area contributed by atoms with E-state index in [1.165, 1.54) is 0 Å². The third-order valence-electron chi connectivity index (χ3n) is 4.93. The number of ether oxygens (including phenoxy) is 2. The Bertz CT molecular complexity index is 740. The van der Waals surface area contributed by atoms with Gasteiger partial charge in [0.05, 0.1) is 25.9 Å². The predicted octanol–water partition coefficient (Wildman–Crippen LogP) is 2.54. The third-order valence-corrected chi connectivity index (χ3v) is 4.93. The maximum Gasteiger partial charge on any atom is 0.252 e. The molecule has 152 valence electrons. The van der Waals surface area contributed by atoms with Crippen LogP contribution in [0.1, 0.15) is 32.3 Å². The first kappa shape index (κ1) is 20.5. The zero-order valence-electron chi connectivity index (χ0n) is 16.7. The number of piperidine rings is 1. The van der Waals surface area contributed by atoms with Crippen LogP contribution in [-0.2, 0) is 26.4 Å². The van der Waals surface area contributed by atoms with E-state index in [1.54, 1.807) is 10.9 Å². The summed E-state index contributed by atoms with van der Waals surface area (Å²) in [5.41, 5.74) is 1.13. The standard InChI is InChI=1S/C21H30N4O3/c1-17(2)28-14-13-27-16-18-5-3-6-19(15-18)24-20(26)21(7-10-22-11-8-21)25-12-4-9-23-25/h3-6,9,12,15,17,22H,7-8,10-11,13-14,16H2,1-2H3,(H,24,26). The van der Waals surface area contributed by atoms with Gasteiger partial charge in [0.15, 0.2) is 0 Å². The predicted molar refractivity (Wildman–Crippen MR) is 108 cm³/mol. The fourth-order valence-corrected chi connectivity index (χ4v) is 3.44. The van der Waals surface area contributed by atoms with E-state index < -0.39 is 5.54 Å². The lowest BCUT2D eigenvalue weighted by Gasteiger charge is -2.36. The minimum atomic E-state index is -0.657. The number of aromatic nitrogens is 2. The van der Waals surface area contributed by atoms with Gasteiger partial charge in [0.1, 0.15) is 5.54 Å². The van der Waals surface area contributed by atoms with Crippen molar-refractivity contribution in [3.63, 3.8) is 0 Å². The molecule has 1 fully saturated rings. The monoisotopic (exact) mass is 386 g/mol. The van der Waals surface area contributed by atoms with Crippen LogP contribution < -0.4 is 10.6 Å². The normalized spacial score (nSPS) is 16.2. The van der Waals surface area contributed by atoms with E-state index in [9.17, 15) is 4.79 Å². The summed E-state index contributed by atoms with van der Waals surface area (Å²) in [5.74, 6) is -0.0268. The number of anilines is 1. The Morgan fingerprint density at radius 2 is 2.11 bits per heavy atom. The molecular formula is C21H30N4O3. The van der Waals surface area contributed by atoms with Gasteiger partial charge in [-0.1, -0.05) is 12.1 Å². The first-order valence-electron chi connectivity index (χ1n) is 9.91. The molecule has 2 N–H and O–H groups in total. The van der Waals surface area contributed by atoms with Gasteiger partial charge < -0.3 is 20.1 Å². The summed E-state index contributed by atoms with van der Waals surface area (Å²) >= 11 is 0. The number of carbonyl (C=O) groups excluding carboxylic acids is 1. The van der Waals surface area contributed by atoms with Gasteiger partial charge in [-0.3, -0.25) is 9.48 Å². The molecule has 0 saturated carbocycles. The van der Waals surface area contributed by atoms with Crippen molar-refractivity contribution in [3.8, 4) is 0 Å². The summed E-state index contributed by atoms with van der Waals surface area (Å²) < 4.78 is 12.9. The highest BCUT2D eigenvalue weighted by molar-refractivity contribution is 5.96. The van der Waals surface area contributed by atoms with Crippen molar-refractivity contribution in [1.29, 1.82) is 0 Å². The van der Waals surface area contributed by atoms with Crippen LogP contribution in [0.4, 0.5) is 5.69 Å². The quantitative estimate of drug-likeness (QED) is 0.648. The summed E-state index contributed by atoms with van der Waals surface area (Å²) in [6.07, 6.45) is 5.21. The summed E-state index contributed by atoms with van der Waals surface area (Å²) in [6, 6.07) is 9.65. The van der Waals surface area contributed by atoms with Crippen molar-refractivity contribution in [2.45, 2.75) is 44.9 Å². The Morgan fingerprint density at radius 3 is 2.82 bits per heavy atom. The van der Waals surface area contributed by atoms with E-state index in [0.29, 0.717) is 32.7 Å². The van der Waals surface area contributed by atoms with Crippen LogP contribution in [0.2, 0.25) is 0 Å². The molecule has 2 heterocycles. The minimum absolute atomic E-state index is 0.0268. The maximum atomic E-state index is 13.2. The average molecular weight is 386 g/mol. The summed E-state index contributed by atoms with van der Waals surface area (Å²) in [5, 5.41) is 10.8. The third kappa shape index (κ3) is 5.19. The molecule has 1 aromatic carbocycles. The number of hydrogen-bond acceptors (Lipinski definition) is 5. The number of benzene rings is 1. The maximum absolute atomic E-state index is 13.2. The van der Waals surface area contributed by atoms with Gasteiger partial charge in [-0.15, -0.1) is 0 Å². The van der Waals surface area contributed by atoms with Crippen LogP contribution in [0, 0.1) is 0 Å². The Hall–Kier alpha value is -2.22. The van der Waals surface area contributed by atoms with Crippen LogP contribution in [0.3, 0.4) is 0 Å². The largest absolute Gasteiger partial charge is 0.376 e.